The molecule has 0 radical (unpaired) electrons. The van der Waals surface area contributed by atoms with Crippen molar-refractivity contribution in [1.82, 2.24) is 0 Å². The van der Waals surface area contributed by atoms with Crippen LogP contribution in [0.4, 0.5) is 14.5 Å². The zero-order chi connectivity index (χ0) is 17.5. The Morgan fingerprint density at radius 3 is 2.79 bits per heavy atom. The fourth-order valence-corrected chi connectivity index (χ4v) is 6.82. The van der Waals surface area contributed by atoms with Crippen molar-refractivity contribution in [3.63, 3.8) is 0 Å². The number of halogens is 2. The van der Waals surface area contributed by atoms with E-state index in [0.29, 0.717) is 6.42 Å². The second kappa shape index (κ2) is 6.44. The Morgan fingerprint density at radius 2 is 2.12 bits per heavy atom. The molecule has 5 nitrogen and oxygen atoms in total. The van der Waals surface area contributed by atoms with Gasteiger partial charge in [-0.1, -0.05) is 18.7 Å². The molecule has 0 unspecified atom stereocenters. The number of anilines is 1. The minimum atomic E-state index is -3.23. The highest BCUT2D eigenvalue weighted by molar-refractivity contribution is 8.16. The summed E-state index contributed by atoms with van der Waals surface area (Å²) in [6.07, 6.45) is 0.893. The van der Waals surface area contributed by atoms with Gasteiger partial charge in [-0.2, -0.15) is 4.99 Å². The van der Waals surface area contributed by atoms with Crippen molar-refractivity contribution in [3.8, 4) is 0 Å². The van der Waals surface area contributed by atoms with Crippen LogP contribution >= 0.6 is 11.8 Å². The van der Waals surface area contributed by atoms with E-state index in [1.807, 2.05) is 6.92 Å². The summed E-state index contributed by atoms with van der Waals surface area (Å²) in [5, 5.41) is -0.0310. The molecule has 1 amide bonds. The van der Waals surface area contributed by atoms with Crippen molar-refractivity contribution >= 4 is 38.4 Å². The molecule has 0 aromatic heterocycles. The van der Waals surface area contributed by atoms with E-state index in [4.69, 9.17) is 0 Å². The lowest BCUT2D eigenvalue weighted by Gasteiger charge is -2.24. The SMILES string of the molecule is CCCC(=O)N=C1S[C@H]2CS(=O)(=O)C[C@@H]2N1c1ccc(F)cc1F. The van der Waals surface area contributed by atoms with Gasteiger partial charge >= 0.3 is 0 Å². The number of rotatable bonds is 3. The van der Waals surface area contributed by atoms with Gasteiger partial charge in [0.2, 0.25) is 5.91 Å². The van der Waals surface area contributed by atoms with Gasteiger partial charge in [-0.25, -0.2) is 17.2 Å². The summed E-state index contributed by atoms with van der Waals surface area (Å²) in [6.45, 7) is 1.85. The summed E-state index contributed by atoms with van der Waals surface area (Å²) in [7, 11) is -3.23. The predicted molar refractivity (Wildman–Crippen MR) is 90.0 cm³/mol. The number of benzene rings is 1. The van der Waals surface area contributed by atoms with Crippen LogP contribution in [0.15, 0.2) is 23.2 Å². The third-order valence-corrected chi connectivity index (χ3v) is 7.13. The molecule has 2 heterocycles. The normalized spacial score (nSPS) is 26.8. The van der Waals surface area contributed by atoms with E-state index in [0.717, 1.165) is 12.1 Å². The smallest absolute Gasteiger partial charge is 0.248 e. The maximum atomic E-state index is 14.2. The Kier molecular flexibility index (Phi) is 4.65. The Morgan fingerprint density at radius 1 is 1.38 bits per heavy atom. The molecule has 3 rings (SSSR count). The van der Waals surface area contributed by atoms with Gasteiger partial charge < -0.3 is 4.90 Å². The third kappa shape index (κ3) is 3.32. The van der Waals surface area contributed by atoms with E-state index >= 15 is 0 Å². The molecule has 1 aromatic rings. The van der Waals surface area contributed by atoms with Crippen LogP contribution in [0.2, 0.25) is 0 Å². The first kappa shape index (κ1) is 17.3. The Labute approximate surface area is 143 Å². The number of aliphatic imine (C=N–C) groups is 1. The maximum absolute atomic E-state index is 14.2. The largest absolute Gasteiger partial charge is 0.313 e. The van der Waals surface area contributed by atoms with Gasteiger partial charge in [0.15, 0.2) is 15.0 Å². The number of amides is 1. The zero-order valence-electron chi connectivity index (χ0n) is 12.9. The molecule has 0 aliphatic carbocycles. The molecule has 2 aliphatic rings. The zero-order valence-corrected chi connectivity index (χ0v) is 14.5. The number of sulfone groups is 1. The predicted octanol–water partition coefficient (Wildman–Crippen LogP) is 2.37. The van der Waals surface area contributed by atoms with Crippen LogP contribution < -0.4 is 4.90 Å². The summed E-state index contributed by atoms with van der Waals surface area (Å²) in [5.74, 6) is -2.05. The average molecular weight is 374 g/mol. The van der Waals surface area contributed by atoms with Crippen molar-refractivity contribution in [2.75, 3.05) is 16.4 Å². The molecule has 0 bridgehead atoms. The number of hydrogen-bond donors (Lipinski definition) is 0. The van der Waals surface area contributed by atoms with Crippen LogP contribution in [-0.2, 0) is 14.6 Å². The molecular formula is C15H16F2N2O3S2. The number of carbonyl (C=O) groups is 1. The van der Waals surface area contributed by atoms with E-state index in [9.17, 15) is 22.0 Å². The van der Waals surface area contributed by atoms with Crippen LogP contribution in [0.3, 0.4) is 0 Å². The molecule has 2 aliphatic heterocycles. The van der Waals surface area contributed by atoms with Crippen molar-refractivity contribution in [2.45, 2.75) is 31.1 Å². The molecule has 2 saturated heterocycles. The van der Waals surface area contributed by atoms with Crippen molar-refractivity contribution in [2.24, 2.45) is 4.99 Å². The maximum Gasteiger partial charge on any atom is 0.248 e. The van der Waals surface area contributed by atoms with Crippen molar-refractivity contribution < 1.29 is 22.0 Å². The van der Waals surface area contributed by atoms with Crippen LogP contribution in [0.5, 0.6) is 0 Å². The first-order valence-corrected chi connectivity index (χ1v) is 10.2. The van der Waals surface area contributed by atoms with Crippen LogP contribution in [0.25, 0.3) is 0 Å². The Balaban J connectivity index is 2.03. The molecular weight excluding hydrogens is 358 g/mol. The molecule has 1 aromatic carbocycles. The standard InChI is InChI=1S/C15H16F2N2O3S2/c1-2-3-14(20)18-15-19(11-5-4-9(16)6-10(11)17)12-7-24(21,22)8-13(12)23-15/h4-6,12-13H,2-3,7-8H2,1H3/t12-,13-/m0/s1. The topological polar surface area (TPSA) is 66.8 Å². The average Bonchev–Trinajstić information content (AvgIpc) is 2.91. The van der Waals surface area contributed by atoms with Crippen LogP contribution in [-0.4, -0.2) is 42.3 Å². The third-order valence-electron chi connectivity index (χ3n) is 3.92. The Hall–Kier alpha value is -1.48. The van der Waals surface area contributed by atoms with E-state index in [-0.39, 0.29) is 39.9 Å². The molecule has 0 N–H and O–H groups in total. The number of amidine groups is 1. The summed E-state index contributed by atoms with van der Waals surface area (Å²) < 4.78 is 51.2. The van der Waals surface area contributed by atoms with Gasteiger partial charge in [-0.15, -0.1) is 0 Å². The summed E-state index contributed by atoms with van der Waals surface area (Å²) >= 11 is 1.17. The number of carbonyl (C=O) groups excluding carboxylic acids is 1. The monoisotopic (exact) mass is 374 g/mol. The number of hydrogen-bond acceptors (Lipinski definition) is 4. The highest BCUT2D eigenvalue weighted by atomic mass is 32.2. The highest BCUT2D eigenvalue weighted by Crippen LogP contribution is 2.41. The van der Waals surface area contributed by atoms with Gasteiger partial charge in [0.1, 0.15) is 11.6 Å². The second-order valence-electron chi connectivity index (χ2n) is 5.80. The number of nitrogens with zero attached hydrogens (tertiary/aromatic N) is 2. The summed E-state index contributed by atoms with van der Waals surface area (Å²) in [4.78, 5) is 17.3. The molecule has 130 valence electrons. The lowest BCUT2D eigenvalue weighted by atomic mass is 10.2. The fourth-order valence-electron chi connectivity index (χ4n) is 2.90. The molecule has 2 fully saturated rings. The second-order valence-corrected chi connectivity index (χ2v) is 9.16. The van der Waals surface area contributed by atoms with Gasteiger partial charge in [-0.05, 0) is 18.6 Å². The molecule has 0 saturated carbocycles. The van der Waals surface area contributed by atoms with E-state index in [1.54, 1.807) is 0 Å². The highest BCUT2D eigenvalue weighted by Gasteiger charge is 2.49. The van der Waals surface area contributed by atoms with E-state index in [1.165, 1.54) is 22.7 Å². The van der Waals surface area contributed by atoms with Gasteiger partial charge in [0.05, 0.1) is 23.2 Å². The lowest BCUT2D eigenvalue weighted by molar-refractivity contribution is -0.117. The molecule has 9 heteroatoms. The lowest BCUT2D eigenvalue weighted by Crippen LogP contribution is -2.38. The van der Waals surface area contributed by atoms with Gasteiger partial charge in [0.25, 0.3) is 0 Å². The fraction of sp³-hybridized carbons (Fsp3) is 0.467. The minimum absolute atomic E-state index is 0.0385. The van der Waals surface area contributed by atoms with E-state index < -0.39 is 27.5 Å². The quantitative estimate of drug-likeness (QED) is 0.813. The molecule has 2 atom stereocenters. The van der Waals surface area contributed by atoms with E-state index in [2.05, 4.69) is 4.99 Å². The van der Waals surface area contributed by atoms with Crippen molar-refractivity contribution in [3.05, 3.63) is 29.8 Å². The summed E-state index contributed by atoms with van der Waals surface area (Å²) in [5.41, 5.74) is 0.0385. The van der Waals surface area contributed by atoms with Crippen molar-refractivity contribution in [1.29, 1.82) is 0 Å². The van der Waals surface area contributed by atoms with Gasteiger partial charge in [0, 0.05) is 17.7 Å². The number of thioether (sulfide) groups is 1. The summed E-state index contributed by atoms with van der Waals surface area (Å²) in [6, 6.07) is 2.58. The molecule has 24 heavy (non-hydrogen) atoms. The first-order chi connectivity index (χ1) is 11.3. The first-order valence-electron chi connectivity index (χ1n) is 7.53. The van der Waals surface area contributed by atoms with Gasteiger partial charge in [-0.3, -0.25) is 4.79 Å². The molecule has 0 spiro atoms. The Bertz CT molecular complexity index is 811. The minimum Gasteiger partial charge on any atom is -0.313 e. The van der Waals surface area contributed by atoms with Crippen LogP contribution in [0, 0.1) is 11.6 Å². The number of fused-ring (bicyclic) bond motifs is 1. The van der Waals surface area contributed by atoms with Crippen LogP contribution in [0.1, 0.15) is 19.8 Å².